The van der Waals surface area contributed by atoms with Gasteiger partial charge < -0.3 is 10.3 Å². The first-order chi connectivity index (χ1) is 8.58. The standard InChI is InChI=1S/C12H12Cl2FN3/c1-7(18-6-12-16-2-3-17-12)8-4-11(15)10(14)5-9(8)13/h2-5,7,18H,6H2,1H3,(H,16,17). The average Bonchev–Trinajstić information content (AvgIpc) is 2.84. The smallest absolute Gasteiger partial charge is 0.142 e. The quantitative estimate of drug-likeness (QED) is 0.842. The number of nitrogens with one attached hydrogen (secondary N) is 2. The van der Waals surface area contributed by atoms with Gasteiger partial charge in [-0.25, -0.2) is 9.37 Å². The topological polar surface area (TPSA) is 40.7 Å². The first-order valence-electron chi connectivity index (χ1n) is 5.44. The Labute approximate surface area is 114 Å². The van der Waals surface area contributed by atoms with Crippen LogP contribution >= 0.6 is 23.2 Å². The second-order valence-electron chi connectivity index (χ2n) is 3.93. The second kappa shape index (κ2) is 5.69. The molecule has 0 aliphatic rings. The summed E-state index contributed by atoms with van der Waals surface area (Å²) in [5.74, 6) is 0.343. The van der Waals surface area contributed by atoms with Crippen LogP contribution in [-0.2, 0) is 6.54 Å². The van der Waals surface area contributed by atoms with Gasteiger partial charge in [-0.3, -0.25) is 0 Å². The van der Waals surface area contributed by atoms with E-state index < -0.39 is 5.82 Å². The maximum Gasteiger partial charge on any atom is 0.142 e. The lowest BCUT2D eigenvalue weighted by atomic mass is 10.1. The summed E-state index contributed by atoms with van der Waals surface area (Å²) < 4.78 is 13.4. The van der Waals surface area contributed by atoms with Gasteiger partial charge in [-0.15, -0.1) is 0 Å². The van der Waals surface area contributed by atoms with E-state index in [1.807, 2.05) is 6.92 Å². The van der Waals surface area contributed by atoms with Crippen LogP contribution in [0.25, 0.3) is 0 Å². The number of imidazole rings is 1. The van der Waals surface area contributed by atoms with E-state index in [0.29, 0.717) is 17.1 Å². The molecule has 0 aliphatic heterocycles. The zero-order valence-corrected chi connectivity index (χ0v) is 11.2. The highest BCUT2D eigenvalue weighted by Crippen LogP contribution is 2.28. The average molecular weight is 288 g/mol. The van der Waals surface area contributed by atoms with Crippen LogP contribution in [0.3, 0.4) is 0 Å². The monoisotopic (exact) mass is 287 g/mol. The highest BCUT2D eigenvalue weighted by molar-refractivity contribution is 6.35. The molecule has 2 aromatic rings. The molecule has 1 aromatic carbocycles. The van der Waals surface area contributed by atoms with Gasteiger partial charge >= 0.3 is 0 Å². The molecule has 2 N–H and O–H groups in total. The summed E-state index contributed by atoms with van der Waals surface area (Å²) in [5.41, 5.74) is 0.671. The van der Waals surface area contributed by atoms with Crippen molar-refractivity contribution < 1.29 is 4.39 Å². The minimum atomic E-state index is -0.470. The van der Waals surface area contributed by atoms with Crippen LogP contribution in [0.4, 0.5) is 4.39 Å². The van der Waals surface area contributed by atoms with Gasteiger partial charge in [-0.05, 0) is 24.6 Å². The molecule has 0 aliphatic carbocycles. The van der Waals surface area contributed by atoms with E-state index in [9.17, 15) is 4.39 Å². The molecule has 1 aromatic heterocycles. The van der Waals surface area contributed by atoms with Crippen molar-refractivity contribution in [3.8, 4) is 0 Å². The van der Waals surface area contributed by atoms with Crippen molar-refractivity contribution in [2.45, 2.75) is 19.5 Å². The van der Waals surface area contributed by atoms with Crippen molar-refractivity contribution in [2.24, 2.45) is 0 Å². The number of nitrogens with zero attached hydrogens (tertiary/aromatic N) is 1. The Kier molecular flexibility index (Phi) is 4.22. The Morgan fingerprint density at radius 2 is 2.17 bits per heavy atom. The Morgan fingerprint density at radius 1 is 1.39 bits per heavy atom. The molecule has 0 spiro atoms. The molecule has 96 valence electrons. The summed E-state index contributed by atoms with van der Waals surface area (Å²) in [4.78, 5) is 7.07. The van der Waals surface area contributed by atoms with Gasteiger partial charge in [0, 0.05) is 23.5 Å². The molecule has 6 heteroatoms. The number of hydrogen-bond acceptors (Lipinski definition) is 2. The Morgan fingerprint density at radius 3 is 2.83 bits per heavy atom. The number of halogens is 3. The fourth-order valence-corrected chi connectivity index (χ4v) is 2.17. The van der Waals surface area contributed by atoms with Gasteiger partial charge in [-0.1, -0.05) is 23.2 Å². The lowest BCUT2D eigenvalue weighted by Gasteiger charge is -2.15. The number of benzene rings is 1. The van der Waals surface area contributed by atoms with Crippen LogP contribution in [-0.4, -0.2) is 9.97 Å². The molecule has 1 unspecified atom stereocenters. The van der Waals surface area contributed by atoms with Crippen LogP contribution in [0.2, 0.25) is 10.0 Å². The molecule has 0 bridgehead atoms. The lowest BCUT2D eigenvalue weighted by molar-refractivity contribution is 0.554. The molecule has 3 nitrogen and oxygen atoms in total. The molecule has 1 heterocycles. The molecule has 18 heavy (non-hydrogen) atoms. The van der Waals surface area contributed by atoms with E-state index in [-0.39, 0.29) is 11.1 Å². The fourth-order valence-electron chi connectivity index (χ4n) is 1.62. The third-order valence-electron chi connectivity index (χ3n) is 2.64. The van der Waals surface area contributed by atoms with Gasteiger partial charge in [0.15, 0.2) is 0 Å². The molecular weight excluding hydrogens is 276 g/mol. The first-order valence-corrected chi connectivity index (χ1v) is 6.19. The van der Waals surface area contributed by atoms with Crippen molar-refractivity contribution in [1.29, 1.82) is 0 Å². The van der Waals surface area contributed by atoms with Gasteiger partial charge in [0.25, 0.3) is 0 Å². The summed E-state index contributed by atoms with van der Waals surface area (Å²) in [6.45, 7) is 2.45. The van der Waals surface area contributed by atoms with E-state index in [4.69, 9.17) is 23.2 Å². The highest BCUT2D eigenvalue weighted by atomic mass is 35.5. The summed E-state index contributed by atoms with van der Waals surface area (Å²) in [7, 11) is 0. The van der Waals surface area contributed by atoms with Crippen molar-refractivity contribution in [3.05, 3.63) is 51.8 Å². The van der Waals surface area contributed by atoms with Gasteiger partial charge in [-0.2, -0.15) is 0 Å². The Hall–Kier alpha value is -1.10. The van der Waals surface area contributed by atoms with E-state index >= 15 is 0 Å². The lowest BCUT2D eigenvalue weighted by Crippen LogP contribution is -2.19. The van der Waals surface area contributed by atoms with Crippen LogP contribution in [0.15, 0.2) is 24.5 Å². The van der Waals surface area contributed by atoms with Crippen LogP contribution in [0.1, 0.15) is 24.4 Å². The third kappa shape index (κ3) is 3.02. The Balaban J connectivity index is 2.09. The number of hydrogen-bond donors (Lipinski definition) is 2. The SMILES string of the molecule is CC(NCc1ncc[nH]1)c1cc(F)c(Cl)cc1Cl. The fraction of sp³-hybridized carbons (Fsp3) is 0.250. The molecule has 1 atom stereocenters. The molecule has 0 amide bonds. The van der Waals surface area contributed by atoms with Crippen LogP contribution < -0.4 is 5.32 Å². The van der Waals surface area contributed by atoms with Crippen molar-refractivity contribution in [1.82, 2.24) is 15.3 Å². The maximum atomic E-state index is 13.4. The molecule has 0 radical (unpaired) electrons. The van der Waals surface area contributed by atoms with Crippen LogP contribution in [0, 0.1) is 5.82 Å². The summed E-state index contributed by atoms with van der Waals surface area (Å²) in [6.07, 6.45) is 3.42. The summed E-state index contributed by atoms with van der Waals surface area (Å²) in [5, 5.41) is 3.68. The van der Waals surface area contributed by atoms with Crippen molar-refractivity contribution in [2.75, 3.05) is 0 Å². The normalized spacial score (nSPS) is 12.7. The number of aromatic amines is 1. The zero-order chi connectivity index (χ0) is 13.1. The maximum absolute atomic E-state index is 13.4. The molecule has 0 saturated carbocycles. The van der Waals surface area contributed by atoms with Crippen molar-refractivity contribution >= 4 is 23.2 Å². The van der Waals surface area contributed by atoms with E-state index in [1.165, 1.54) is 12.1 Å². The van der Waals surface area contributed by atoms with Gasteiger partial charge in [0.2, 0.25) is 0 Å². The van der Waals surface area contributed by atoms with E-state index in [1.54, 1.807) is 12.4 Å². The number of H-pyrrole nitrogens is 1. The van der Waals surface area contributed by atoms with Crippen molar-refractivity contribution in [3.63, 3.8) is 0 Å². The number of rotatable bonds is 4. The first kappa shape index (κ1) is 13.3. The van der Waals surface area contributed by atoms with Crippen LogP contribution in [0.5, 0.6) is 0 Å². The predicted octanol–water partition coefficient (Wildman–Crippen LogP) is 3.71. The minimum Gasteiger partial charge on any atom is -0.348 e. The molecular formula is C12H12Cl2FN3. The van der Waals surface area contributed by atoms with E-state index in [0.717, 1.165) is 5.82 Å². The third-order valence-corrected chi connectivity index (χ3v) is 3.25. The second-order valence-corrected chi connectivity index (χ2v) is 4.74. The molecule has 0 fully saturated rings. The minimum absolute atomic E-state index is 0.0296. The largest absolute Gasteiger partial charge is 0.348 e. The highest BCUT2D eigenvalue weighted by Gasteiger charge is 2.13. The molecule has 2 rings (SSSR count). The molecule has 0 saturated heterocycles. The predicted molar refractivity (Wildman–Crippen MR) is 70.3 cm³/mol. The summed E-state index contributed by atoms with van der Waals surface area (Å²) in [6, 6.07) is 2.66. The number of aromatic nitrogens is 2. The zero-order valence-electron chi connectivity index (χ0n) is 9.67. The summed E-state index contributed by atoms with van der Waals surface area (Å²) >= 11 is 11.7. The van der Waals surface area contributed by atoms with Gasteiger partial charge in [0.05, 0.1) is 11.6 Å². The van der Waals surface area contributed by atoms with E-state index in [2.05, 4.69) is 15.3 Å². The Bertz CT molecular complexity index is 528. The van der Waals surface area contributed by atoms with Gasteiger partial charge in [0.1, 0.15) is 11.6 Å².